The number of hydrazone groups is 1. The number of hydrogen-bond donors (Lipinski definition) is 1. The van der Waals surface area contributed by atoms with Crippen LogP contribution in [0.5, 0.6) is 0 Å². The number of nitrogens with zero attached hydrogens (tertiary/aromatic N) is 2. The molecule has 2 rings (SSSR count). The average molecular weight is 311 g/mol. The Morgan fingerprint density at radius 1 is 1.17 bits per heavy atom. The minimum atomic E-state index is -0.538. The molecular formula is C17H17N3O3. The molecule has 0 bridgehead atoms. The van der Waals surface area contributed by atoms with Gasteiger partial charge >= 0.3 is 0 Å². The van der Waals surface area contributed by atoms with Crippen LogP contribution < -0.4 is 5.43 Å². The quantitative estimate of drug-likeness (QED) is 0.521. The second kappa shape index (κ2) is 7.31. The molecule has 0 saturated heterocycles. The van der Waals surface area contributed by atoms with E-state index in [1.54, 1.807) is 0 Å². The number of hydrogen-bond acceptors (Lipinski definition) is 4. The summed E-state index contributed by atoms with van der Waals surface area (Å²) in [6, 6.07) is 13.4. The predicted molar refractivity (Wildman–Crippen MR) is 88.6 cm³/mol. The Balaban J connectivity index is 2.16. The van der Waals surface area contributed by atoms with Crippen LogP contribution in [0.2, 0.25) is 0 Å². The minimum absolute atomic E-state index is 0.129. The Labute approximate surface area is 134 Å². The third-order valence-electron chi connectivity index (χ3n) is 3.33. The summed E-state index contributed by atoms with van der Waals surface area (Å²) in [5, 5.41) is 14.9. The summed E-state index contributed by atoms with van der Waals surface area (Å²) in [6.45, 7) is 3.94. The first kappa shape index (κ1) is 16.4. The predicted octanol–water partition coefficient (Wildman–Crippen LogP) is 3.45. The van der Waals surface area contributed by atoms with Crippen LogP contribution >= 0.6 is 0 Å². The first-order chi connectivity index (χ1) is 11.0. The zero-order chi connectivity index (χ0) is 16.8. The maximum Gasteiger partial charge on any atom is 0.271 e. The number of carbonyl (C=O) groups is 1. The minimum Gasteiger partial charge on any atom is -0.267 e. The molecule has 6 heteroatoms. The van der Waals surface area contributed by atoms with Gasteiger partial charge in [-0.15, -0.1) is 0 Å². The Morgan fingerprint density at radius 2 is 1.87 bits per heavy atom. The van der Waals surface area contributed by atoms with Gasteiger partial charge < -0.3 is 0 Å². The number of nitro benzene ring substituents is 1. The molecule has 0 heterocycles. The van der Waals surface area contributed by atoms with Gasteiger partial charge in [-0.25, -0.2) is 5.43 Å². The van der Waals surface area contributed by atoms with E-state index in [1.165, 1.54) is 24.3 Å². The van der Waals surface area contributed by atoms with Crippen molar-refractivity contribution in [2.24, 2.45) is 5.10 Å². The number of aryl methyl sites for hydroxylation is 1. The number of carbonyl (C=O) groups excluding carboxylic acids is 1. The Morgan fingerprint density at radius 3 is 2.48 bits per heavy atom. The summed E-state index contributed by atoms with van der Waals surface area (Å²) in [7, 11) is 0. The van der Waals surface area contributed by atoms with Crippen LogP contribution in [0.1, 0.15) is 34.8 Å². The number of non-ortho nitro benzene ring substituents is 1. The molecule has 0 aliphatic rings. The third kappa shape index (κ3) is 4.23. The smallest absolute Gasteiger partial charge is 0.267 e. The maximum absolute atomic E-state index is 12.1. The molecule has 118 valence electrons. The average Bonchev–Trinajstić information content (AvgIpc) is 2.56. The molecule has 23 heavy (non-hydrogen) atoms. The van der Waals surface area contributed by atoms with Gasteiger partial charge in [-0.3, -0.25) is 14.9 Å². The van der Waals surface area contributed by atoms with E-state index in [0.717, 1.165) is 16.8 Å². The Hall–Kier alpha value is -3.02. The lowest BCUT2D eigenvalue weighted by molar-refractivity contribution is -0.384. The lowest BCUT2D eigenvalue weighted by Crippen LogP contribution is -2.20. The summed E-state index contributed by atoms with van der Waals surface area (Å²) >= 11 is 0. The van der Waals surface area contributed by atoms with Crippen molar-refractivity contribution in [1.82, 2.24) is 5.43 Å². The van der Waals surface area contributed by atoms with Crippen LogP contribution in [-0.2, 0) is 0 Å². The summed E-state index contributed by atoms with van der Waals surface area (Å²) in [5.41, 5.74) is 5.33. The van der Waals surface area contributed by atoms with Crippen LogP contribution in [0, 0.1) is 17.0 Å². The molecule has 0 aliphatic heterocycles. The number of rotatable bonds is 5. The van der Waals surface area contributed by atoms with E-state index < -0.39 is 10.8 Å². The Bertz CT molecular complexity index is 752. The van der Waals surface area contributed by atoms with E-state index in [1.807, 2.05) is 38.1 Å². The fourth-order valence-corrected chi connectivity index (χ4v) is 2.04. The molecule has 0 aromatic heterocycles. The lowest BCUT2D eigenvalue weighted by atomic mass is 10.1. The van der Waals surface area contributed by atoms with Gasteiger partial charge in [0.05, 0.1) is 10.6 Å². The molecule has 0 saturated carbocycles. The maximum atomic E-state index is 12.1. The second-order valence-electron chi connectivity index (χ2n) is 5.03. The van der Waals surface area contributed by atoms with Gasteiger partial charge in [0, 0.05) is 17.7 Å². The van der Waals surface area contributed by atoms with Crippen LogP contribution in [0.25, 0.3) is 0 Å². The van der Waals surface area contributed by atoms with Gasteiger partial charge in [-0.05, 0) is 25.0 Å². The van der Waals surface area contributed by atoms with E-state index in [0.29, 0.717) is 6.42 Å². The normalized spacial score (nSPS) is 11.1. The standard InChI is InChI=1S/C17H17N3O3/c1-3-16(13-9-7-12(2)8-10-13)18-19-17(21)14-5-4-6-15(11-14)20(22)23/h4-11H,3H2,1-2H3,(H,19,21)/b18-16+. The van der Waals surface area contributed by atoms with E-state index in [4.69, 9.17) is 0 Å². The van der Waals surface area contributed by atoms with E-state index in [9.17, 15) is 14.9 Å². The van der Waals surface area contributed by atoms with Crippen molar-refractivity contribution < 1.29 is 9.72 Å². The molecule has 2 aromatic carbocycles. The van der Waals surface area contributed by atoms with Crippen LogP contribution in [-0.4, -0.2) is 16.5 Å². The van der Waals surface area contributed by atoms with Crippen molar-refractivity contribution in [1.29, 1.82) is 0 Å². The highest BCUT2D eigenvalue weighted by molar-refractivity contribution is 6.02. The van der Waals surface area contributed by atoms with Gasteiger partial charge in [0.2, 0.25) is 0 Å². The molecule has 0 radical (unpaired) electrons. The molecule has 6 nitrogen and oxygen atoms in total. The first-order valence-corrected chi connectivity index (χ1v) is 7.19. The van der Waals surface area contributed by atoms with Gasteiger partial charge in [-0.1, -0.05) is 42.8 Å². The molecule has 1 N–H and O–H groups in total. The van der Waals surface area contributed by atoms with Crippen molar-refractivity contribution in [2.75, 3.05) is 0 Å². The van der Waals surface area contributed by atoms with Crippen molar-refractivity contribution in [3.63, 3.8) is 0 Å². The second-order valence-corrected chi connectivity index (χ2v) is 5.03. The van der Waals surface area contributed by atoms with Crippen LogP contribution in [0.4, 0.5) is 5.69 Å². The number of nitrogens with one attached hydrogen (secondary N) is 1. The summed E-state index contributed by atoms with van der Waals surface area (Å²) < 4.78 is 0. The largest absolute Gasteiger partial charge is 0.271 e. The summed E-state index contributed by atoms with van der Waals surface area (Å²) in [5.74, 6) is -0.480. The first-order valence-electron chi connectivity index (χ1n) is 7.19. The Kier molecular flexibility index (Phi) is 5.19. The monoisotopic (exact) mass is 311 g/mol. The molecule has 1 amide bonds. The van der Waals surface area contributed by atoms with E-state index >= 15 is 0 Å². The molecule has 0 aliphatic carbocycles. The van der Waals surface area contributed by atoms with Crippen LogP contribution in [0.15, 0.2) is 53.6 Å². The zero-order valence-corrected chi connectivity index (χ0v) is 12.9. The lowest BCUT2D eigenvalue weighted by Gasteiger charge is -2.06. The highest BCUT2D eigenvalue weighted by atomic mass is 16.6. The molecule has 0 spiro atoms. The summed E-state index contributed by atoms with van der Waals surface area (Å²) in [6.07, 6.45) is 0.651. The zero-order valence-electron chi connectivity index (χ0n) is 12.9. The van der Waals surface area contributed by atoms with Crippen molar-refractivity contribution in [2.45, 2.75) is 20.3 Å². The highest BCUT2D eigenvalue weighted by Gasteiger charge is 2.11. The van der Waals surface area contributed by atoms with Crippen molar-refractivity contribution in [3.05, 3.63) is 75.3 Å². The third-order valence-corrected chi connectivity index (χ3v) is 3.33. The van der Waals surface area contributed by atoms with E-state index in [2.05, 4.69) is 10.5 Å². The van der Waals surface area contributed by atoms with E-state index in [-0.39, 0.29) is 11.3 Å². The van der Waals surface area contributed by atoms with Crippen molar-refractivity contribution >= 4 is 17.3 Å². The van der Waals surface area contributed by atoms with Crippen LogP contribution in [0.3, 0.4) is 0 Å². The van der Waals surface area contributed by atoms with Crippen molar-refractivity contribution in [3.8, 4) is 0 Å². The molecule has 0 unspecified atom stereocenters. The van der Waals surface area contributed by atoms with Gasteiger partial charge in [0.1, 0.15) is 0 Å². The van der Waals surface area contributed by atoms with Gasteiger partial charge in [0.15, 0.2) is 0 Å². The summed E-state index contributed by atoms with van der Waals surface area (Å²) in [4.78, 5) is 22.3. The number of nitro groups is 1. The fraction of sp³-hybridized carbons (Fsp3) is 0.176. The molecular weight excluding hydrogens is 294 g/mol. The SMILES string of the molecule is CC/C(=N\NC(=O)c1cccc([N+](=O)[O-])c1)c1ccc(C)cc1. The molecule has 0 atom stereocenters. The number of benzene rings is 2. The fourth-order valence-electron chi connectivity index (χ4n) is 2.04. The molecule has 0 fully saturated rings. The topological polar surface area (TPSA) is 84.6 Å². The van der Waals surface area contributed by atoms with Gasteiger partial charge in [0.25, 0.3) is 11.6 Å². The highest BCUT2D eigenvalue weighted by Crippen LogP contribution is 2.13. The number of amides is 1. The van der Waals surface area contributed by atoms with Gasteiger partial charge in [-0.2, -0.15) is 5.10 Å². The molecule has 2 aromatic rings.